The molecule has 4 nitrogen and oxygen atoms in total. The fourth-order valence-electron chi connectivity index (χ4n) is 2.56. The van der Waals surface area contributed by atoms with Crippen LogP contribution < -0.4 is 5.32 Å². The molecule has 2 atom stereocenters. The van der Waals surface area contributed by atoms with Crippen molar-refractivity contribution in [1.82, 2.24) is 0 Å². The molecule has 5 heteroatoms. The second-order valence-electron chi connectivity index (χ2n) is 5.33. The van der Waals surface area contributed by atoms with E-state index in [1.807, 2.05) is 0 Å². The molecular weight excluding hydrogens is 266 g/mol. The van der Waals surface area contributed by atoms with Crippen LogP contribution in [0.15, 0.2) is 18.2 Å². The van der Waals surface area contributed by atoms with Gasteiger partial charge in [-0.3, -0.25) is 4.79 Å². The average molecular weight is 280 g/mol. The first-order valence-corrected chi connectivity index (χ1v) is 6.78. The molecule has 0 saturated heterocycles. The molecule has 0 heterocycles. The van der Waals surface area contributed by atoms with E-state index in [1.165, 1.54) is 25.0 Å². The fourth-order valence-corrected chi connectivity index (χ4v) is 2.82. The number of amides is 1. The lowest BCUT2D eigenvalue weighted by Crippen LogP contribution is -2.15. The highest BCUT2D eigenvalue weighted by Gasteiger charge is 2.51. The fraction of sp³-hybridized carbons (Fsp3) is 0.429. The highest BCUT2D eigenvalue weighted by atomic mass is 35.5. The maximum Gasteiger partial charge on any atom is 0.337 e. The zero-order chi connectivity index (χ0) is 13.6. The van der Waals surface area contributed by atoms with E-state index in [1.54, 1.807) is 6.07 Å². The van der Waals surface area contributed by atoms with Crippen LogP contribution in [-0.4, -0.2) is 17.0 Å². The van der Waals surface area contributed by atoms with E-state index in [-0.39, 0.29) is 22.4 Å². The van der Waals surface area contributed by atoms with Crippen molar-refractivity contribution < 1.29 is 14.7 Å². The van der Waals surface area contributed by atoms with Crippen molar-refractivity contribution in [2.75, 3.05) is 5.32 Å². The van der Waals surface area contributed by atoms with Crippen molar-refractivity contribution in [3.05, 3.63) is 28.8 Å². The molecule has 0 unspecified atom stereocenters. The molecule has 1 aromatic rings. The summed E-state index contributed by atoms with van der Waals surface area (Å²) in [6.45, 7) is 0. The third kappa shape index (κ3) is 2.59. The van der Waals surface area contributed by atoms with Gasteiger partial charge in [-0.1, -0.05) is 11.6 Å². The molecule has 0 bridgehead atoms. The van der Waals surface area contributed by atoms with Gasteiger partial charge in [-0.2, -0.15) is 0 Å². The van der Waals surface area contributed by atoms with Gasteiger partial charge in [-0.25, -0.2) is 4.79 Å². The quantitative estimate of drug-likeness (QED) is 0.890. The van der Waals surface area contributed by atoms with Crippen LogP contribution in [0.4, 0.5) is 5.69 Å². The lowest BCUT2D eigenvalue weighted by molar-refractivity contribution is -0.117. The lowest BCUT2D eigenvalue weighted by Gasteiger charge is -2.06. The topological polar surface area (TPSA) is 66.4 Å². The summed E-state index contributed by atoms with van der Waals surface area (Å²) in [5.74, 6) is 0.405. The number of carbonyl (C=O) groups is 2. The molecule has 1 aromatic carbocycles. The summed E-state index contributed by atoms with van der Waals surface area (Å²) in [5.41, 5.74) is 0.600. The first-order valence-electron chi connectivity index (χ1n) is 6.40. The van der Waals surface area contributed by atoms with Crippen molar-refractivity contribution in [2.45, 2.75) is 19.3 Å². The van der Waals surface area contributed by atoms with Crippen molar-refractivity contribution in [2.24, 2.45) is 17.8 Å². The predicted octanol–water partition coefficient (Wildman–Crippen LogP) is 3.02. The van der Waals surface area contributed by atoms with Crippen molar-refractivity contribution in [3.8, 4) is 0 Å². The Balaban J connectivity index is 1.65. The SMILES string of the molecule is O=C(O)c1ccc(NC(=O)[C@H]2C[C@@H]2C2CC2)cc1Cl. The second kappa shape index (κ2) is 4.53. The summed E-state index contributed by atoms with van der Waals surface area (Å²) in [4.78, 5) is 22.8. The number of benzene rings is 1. The van der Waals surface area contributed by atoms with E-state index in [9.17, 15) is 9.59 Å². The van der Waals surface area contributed by atoms with E-state index >= 15 is 0 Å². The molecule has 19 heavy (non-hydrogen) atoms. The van der Waals surface area contributed by atoms with Crippen LogP contribution in [0, 0.1) is 17.8 Å². The highest BCUT2D eigenvalue weighted by Crippen LogP contribution is 2.54. The number of hydrogen-bond donors (Lipinski definition) is 2. The Bertz CT molecular complexity index is 554. The average Bonchev–Trinajstić information content (AvgIpc) is 3.20. The number of nitrogens with one attached hydrogen (secondary N) is 1. The minimum absolute atomic E-state index is 0.0241. The zero-order valence-corrected chi connectivity index (χ0v) is 11.0. The van der Waals surface area contributed by atoms with Gasteiger partial charge in [0.15, 0.2) is 0 Å². The van der Waals surface area contributed by atoms with Crippen molar-refractivity contribution in [3.63, 3.8) is 0 Å². The number of carboxylic acids is 1. The number of aromatic carboxylic acids is 1. The molecule has 2 aliphatic rings. The number of halogens is 1. The van der Waals surface area contributed by atoms with E-state index in [2.05, 4.69) is 5.32 Å². The Labute approximate surface area is 115 Å². The number of hydrogen-bond acceptors (Lipinski definition) is 2. The van der Waals surface area contributed by atoms with Gasteiger partial charge in [0, 0.05) is 11.6 Å². The minimum Gasteiger partial charge on any atom is -0.478 e. The van der Waals surface area contributed by atoms with Gasteiger partial charge in [0.2, 0.25) is 5.91 Å². The zero-order valence-electron chi connectivity index (χ0n) is 10.2. The molecule has 0 spiro atoms. The molecule has 0 aromatic heterocycles. The summed E-state index contributed by atoms with van der Waals surface area (Å²) in [5, 5.41) is 11.8. The van der Waals surface area contributed by atoms with Crippen LogP contribution in [0.5, 0.6) is 0 Å². The van der Waals surface area contributed by atoms with Crippen molar-refractivity contribution in [1.29, 1.82) is 0 Å². The van der Waals surface area contributed by atoms with Crippen LogP contribution in [0.1, 0.15) is 29.6 Å². The summed E-state index contributed by atoms with van der Waals surface area (Å²) < 4.78 is 0. The molecule has 2 saturated carbocycles. The summed E-state index contributed by atoms with van der Waals surface area (Å²) in [6, 6.07) is 4.46. The summed E-state index contributed by atoms with van der Waals surface area (Å²) in [7, 11) is 0. The van der Waals surface area contributed by atoms with E-state index < -0.39 is 5.97 Å². The molecule has 1 amide bonds. The Hall–Kier alpha value is -1.55. The van der Waals surface area contributed by atoms with Gasteiger partial charge in [-0.15, -0.1) is 0 Å². The van der Waals surface area contributed by atoms with E-state index in [0.717, 1.165) is 12.3 Å². The Kier molecular flexibility index (Phi) is 2.97. The van der Waals surface area contributed by atoms with Gasteiger partial charge >= 0.3 is 5.97 Å². The van der Waals surface area contributed by atoms with Crippen LogP contribution in [0.25, 0.3) is 0 Å². The monoisotopic (exact) mass is 279 g/mol. The standard InChI is InChI=1S/C14H14ClNO3/c15-12-5-8(3-4-9(12)14(18)19)16-13(17)11-6-10(11)7-1-2-7/h3-5,7,10-11H,1-2,6H2,(H,16,17)(H,18,19)/t10-,11+/m1/s1. The Morgan fingerprint density at radius 1 is 1.32 bits per heavy atom. The number of carboxylic acid groups (broad SMARTS) is 1. The van der Waals surface area contributed by atoms with E-state index in [0.29, 0.717) is 11.6 Å². The number of carbonyl (C=O) groups excluding carboxylic acids is 1. The maximum atomic E-state index is 12.0. The van der Waals surface area contributed by atoms with E-state index in [4.69, 9.17) is 16.7 Å². The molecule has 2 N–H and O–H groups in total. The van der Waals surface area contributed by atoms with Crippen LogP contribution in [0.3, 0.4) is 0 Å². The van der Waals surface area contributed by atoms with Gasteiger partial charge in [0.05, 0.1) is 10.6 Å². The first-order chi connectivity index (χ1) is 9.06. The largest absolute Gasteiger partial charge is 0.478 e. The number of anilines is 1. The summed E-state index contributed by atoms with van der Waals surface area (Å²) in [6.07, 6.45) is 3.50. The Morgan fingerprint density at radius 2 is 2.05 bits per heavy atom. The third-order valence-corrected chi connectivity index (χ3v) is 4.18. The van der Waals surface area contributed by atoms with Crippen molar-refractivity contribution >= 4 is 29.2 Å². The molecule has 2 aliphatic carbocycles. The molecule has 3 rings (SSSR count). The lowest BCUT2D eigenvalue weighted by atomic mass is 10.2. The van der Waals surface area contributed by atoms with Gasteiger partial charge < -0.3 is 10.4 Å². The molecule has 0 radical (unpaired) electrons. The maximum absolute atomic E-state index is 12.0. The van der Waals surface area contributed by atoms with Gasteiger partial charge in [0.25, 0.3) is 0 Å². The van der Waals surface area contributed by atoms with Gasteiger partial charge in [-0.05, 0) is 49.3 Å². The van der Waals surface area contributed by atoms with Crippen LogP contribution in [0.2, 0.25) is 5.02 Å². The molecule has 2 fully saturated rings. The predicted molar refractivity (Wildman–Crippen MR) is 71.4 cm³/mol. The molecule has 100 valence electrons. The van der Waals surface area contributed by atoms with Crippen LogP contribution >= 0.6 is 11.6 Å². The molecule has 0 aliphatic heterocycles. The number of rotatable bonds is 4. The minimum atomic E-state index is -1.07. The second-order valence-corrected chi connectivity index (χ2v) is 5.74. The Morgan fingerprint density at radius 3 is 2.63 bits per heavy atom. The smallest absolute Gasteiger partial charge is 0.337 e. The normalized spacial score (nSPS) is 24.9. The first kappa shape index (κ1) is 12.5. The highest BCUT2D eigenvalue weighted by molar-refractivity contribution is 6.33. The van der Waals surface area contributed by atoms with Crippen LogP contribution in [-0.2, 0) is 4.79 Å². The third-order valence-electron chi connectivity index (χ3n) is 3.87. The molecular formula is C14H14ClNO3. The van der Waals surface area contributed by atoms with Gasteiger partial charge in [0.1, 0.15) is 0 Å². The summed E-state index contributed by atoms with van der Waals surface area (Å²) >= 11 is 5.86.